The summed E-state index contributed by atoms with van der Waals surface area (Å²) in [6.45, 7) is -0.473. The van der Waals surface area contributed by atoms with Gasteiger partial charge in [0.05, 0.1) is 22.8 Å². The van der Waals surface area contributed by atoms with Gasteiger partial charge < -0.3 is 5.11 Å². The van der Waals surface area contributed by atoms with Crippen LogP contribution in [0.2, 0.25) is 15.1 Å². The van der Waals surface area contributed by atoms with Crippen LogP contribution in [-0.2, 0) is 6.61 Å². The van der Waals surface area contributed by atoms with Gasteiger partial charge in [-0.05, 0) is 12.1 Å². The fraction of sp³-hybridized carbons (Fsp3) is 0.0833. The molecular weight excluding hydrogens is 299 g/mol. The van der Waals surface area contributed by atoms with Crippen LogP contribution in [0.15, 0.2) is 24.5 Å². The SMILES string of the molecule is OCc1c(F)cncc1-c1c(Cl)cc(Cl)cc1Cl. The molecule has 0 aliphatic carbocycles. The molecule has 2 aromatic rings. The van der Waals surface area contributed by atoms with Crippen molar-refractivity contribution in [2.45, 2.75) is 6.61 Å². The minimum absolute atomic E-state index is 0.0936. The van der Waals surface area contributed by atoms with Gasteiger partial charge >= 0.3 is 0 Å². The Labute approximate surface area is 118 Å². The second kappa shape index (κ2) is 5.41. The van der Waals surface area contributed by atoms with Gasteiger partial charge in [-0.3, -0.25) is 4.98 Å². The van der Waals surface area contributed by atoms with Crippen LogP contribution in [0.25, 0.3) is 11.1 Å². The molecule has 0 bridgehead atoms. The van der Waals surface area contributed by atoms with Crippen molar-refractivity contribution >= 4 is 34.8 Å². The molecule has 1 aromatic heterocycles. The monoisotopic (exact) mass is 305 g/mol. The van der Waals surface area contributed by atoms with Gasteiger partial charge in [0, 0.05) is 27.9 Å². The summed E-state index contributed by atoms with van der Waals surface area (Å²) in [4.78, 5) is 3.74. The molecule has 0 fully saturated rings. The second-order valence-electron chi connectivity index (χ2n) is 3.55. The molecule has 1 heterocycles. The highest BCUT2D eigenvalue weighted by Crippen LogP contribution is 2.38. The van der Waals surface area contributed by atoms with Crippen LogP contribution in [-0.4, -0.2) is 10.1 Å². The van der Waals surface area contributed by atoms with Crippen molar-refractivity contribution in [3.05, 3.63) is 51.0 Å². The summed E-state index contributed by atoms with van der Waals surface area (Å²) in [5.74, 6) is -0.614. The van der Waals surface area contributed by atoms with Crippen LogP contribution < -0.4 is 0 Å². The van der Waals surface area contributed by atoms with Crippen molar-refractivity contribution in [3.63, 3.8) is 0 Å². The van der Waals surface area contributed by atoms with Crippen molar-refractivity contribution < 1.29 is 9.50 Å². The zero-order valence-electron chi connectivity index (χ0n) is 8.92. The Balaban J connectivity index is 2.73. The number of aromatic nitrogens is 1. The Hall–Kier alpha value is -0.870. The number of pyridine rings is 1. The lowest BCUT2D eigenvalue weighted by atomic mass is 10.0. The van der Waals surface area contributed by atoms with E-state index >= 15 is 0 Å². The fourth-order valence-electron chi connectivity index (χ4n) is 1.64. The lowest BCUT2D eigenvalue weighted by Gasteiger charge is -2.11. The molecule has 0 atom stereocenters. The van der Waals surface area contributed by atoms with Gasteiger partial charge in [-0.2, -0.15) is 0 Å². The summed E-state index contributed by atoms with van der Waals surface area (Å²) in [5.41, 5.74) is 0.846. The Morgan fingerprint density at radius 1 is 1.11 bits per heavy atom. The molecule has 0 saturated heterocycles. The van der Waals surface area contributed by atoms with E-state index in [1.807, 2.05) is 0 Å². The molecule has 18 heavy (non-hydrogen) atoms. The Morgan fingerprint density at radius 3 is 2.28 bits per heavy atom. The van der Waals surface area contributed by atoms with Gasteiger partial charge in [-0.1, -0.05) is 34.8 Å². The third kappa shape index (κ3) is 2.45. The molecule has 0 spiro atoms. The minimum Gasteiger partial charge on any atom is -0.392 e. The zero-order valence-corrected chi connectivity index (χ0v) is 11.2. The van der Waals surface area contributed by atoms with Crippen molar-refractivity contribution in [2.24, 2.45) is 0 Å². The molecule has 0 saturated carbocycles. The van der Waals surface area contributed by atoms with Gasteiger partial charge in [0.15, 0.2) is 0 Å². The van der Waals surface area contributed by atoms with Crippen LogP contribution >= 0.6 is 34.8 Å². The summed E-state index contributed by atoms with van der Waals surface area (Å²) < 4.78 is 13.5. The predicted molar refractivity (Wildman–Crippen MR) is 70.6 cm³/mol. The van der Waals surface area contributed by atoms with Gasteiger partial charge in [0.1, 0.15) is 5.82 Å². The van der Waals surface area contributed by atoms with Crippen molar-refractivity contribution in [2.75, 3.05) is 0 Å². The normalized spacial score (nSPS) is 10.7. The van der Waals surface area contributed by atoms with E-state index in [4.69, 9.17) is 34.8 Å². The largest absolute Gasteiger partial charge is 0.392 e. The lowest BCUT2D eigenvalue weighted by molar-refractivity contribution is 0.276. The second-order valence-corrected chi connectivity index (χ2v) is 4.80. The van der Waals surface area contributed by atoms with E-state index in [0.29, 0.717) is 16.1 Å². The maximum atomic E-state index is 13.5. The summed E-state index contributed by atoms with van der Waals surface area (Å²) in [6.07, 6.45) is 2.42. The maximum absolute atomic E-state index is 13.5. The molecule has 0 radical (unpaired) electrons. The van der Waals surface area contributed by atoms with Crippen LogP contribution in [0.3, 0.4) is 0 Å². The number of rotatable bonds is 2. The van der Waals surface area contributed by atoms with Gasteiger partial charge in [-0.15, -0.1) is 0 Å². The summed E-state index contributed by atoms with van der Waals surface area (Å²) >= 11 is 17.9. The van der Waals surface area contributed by atoms with Crippen molar-refractivity contribution in [3.8, 4) is 11.1 Å². The predicted octanol–water partition coefficient (Wildman–Crippen LogP) is 4.34. The van der Waals surface area contributed by atoms with Crippen molar-refractivity contribution in [1.82, 2.24) is 4.98 Å². The summed E-state index contributed by atoms with van der Waals surface area (Å²) in [5, 5.41) is 10.1. The first-order valence-corrected chi connectivity index (χ1v) is 6.06. The van der Waals surface area contributed by atoms with E-state index < -0.39 is 12.4 Å². The number of aliphatic hydroxyl groups is 1. The van der Waals surface area contributed by atoms with Crippen molar-refractivity contribution in [1.29, 1.82) is 0 Å². The summed E-state index contributed by atoms with van der Waals surface area (Å²) in [7, 11) is 0. The molecule has 1 aromatic carbocycles. The fourth-order valence-corrected chi connectivity index (χ4v) is 2.66. The highest BCUT2D eigenvalue weighted by atomic mass is 35.5. The molecule has 0 unspecified atom stereocenters. The van der Waals surface area contributed by atoms with Gasteiger partial charge in [0.2, 0.25) is 0 Å². The van der Waals surface area contributed by atoms with Gasteiger partial charge in [0.25, 0.3) is 0 Å². The highest BCUT2D eigenvalue weighted by molar-refractivity contribution is 6.41. The van der Waals surface area contributed by atoms with Crippen LogP contribution in [0, 0.1) is 5.82 Å². The molecule has 1 N–H and O–H groups in total. The number of hydrogen-bond donors (Lipinski definition) is 1. The van der Waals surface area contributed by atoms with E-state index in [-0.39, 0.29) is 15.6 Å². The number of halogens is 4. The maximum Gasteiger partial charge on any atom is 0.147 e. The number of aliphatic hydroxyl groups excluding tert-OH is 1. The highest BCUT2D eigenvalue weighted by Gasteiger charge is 2.16. The van der Waals surface area contributed by atoms with E-state index in [9.17, 15) is 9.50 Å². The molecule has 2 nitrogen and oxygen atoms in total. The molecule has 0 aliphatic heterocycles. The lowest BCUT2D eigenvalue weighted by Crippen LogP contribution is -1.97. The van der Waals surface area contributed by atoms with Crippen LogP contribution in [0.4, 0.5) is 4.39 Å². The first-order valence-electron chi connectivity index (χ1n) is 4.92. The van der Waals surface area contributed by atoms with E-state index in [0.717, 1.165) is 6.20 Å². The Kier molecular flexibility index (Phi) is 4.07. The molecular formula is C12H7Cl3FNO. The molecule has 6 heteroatoms. The number of benzene rings is 1. The Morgan fingerprint density at radius 2 is 1.72 bits per heavy atom. The number of hydrogen-bond acceptors (Lipinski definition) is 2. The average Bonchev–Trinajstić information content (AvgIpc) is 2.27. The quantitative estimate of drug-likeness (QED) is 0.895. The van der Waals surface area contributed by atoms with E-state index in [2.05, 4.69) is 4.98 Å². The first kappa shape index (κ1) is 13.6. The van der Waals surface area contributed by atoms with Crippen LogP contribution in [0.1, 0.15) is 5.56 Å². The van der Waals surface area contributed by atoms with E-state index in [1.54, 1.807) is 0 Å². The average molecular weight is 307 g/mol. The third-order valence-electron chi connectivity index (χ3n) is 2.44. The van der Waals surface area contributed by atoms with Gasteiger partial charge in [-0.25, -0.2) is 4.39 Å². The standard InChI is InChI=1S/C12H7Cl3FNO/c13-6-1-9(14)12(10(15)2-6)7-3-17-4-11(16)8(7)5-18/h1-4,18H,5H2. The zero-order chi connectivity index (χ0) is 13.3. The van der Waals surface area contributed by atoms with Crippen LogP contribution in [0.5, 0.6) is 0 Å². The molecule has 2 rings (SSSR count). The topological polar surface area (TPSA) is 33.1 Å². The first-order chi connectivity index (χ1) is 8.54. The van der Waals surface area contributed by atoms with E-state index in [1.165, 1.54) is 18.3 Å². The minimum atomic E-state index is -0.614. The molecule has 0 aliphatic rings. The number of nitrogens with zero attached hydrogens (tertiary/aromatic N) is 1. The molecule has 94 valence electrons. The third-order valence-corrected chi connectivity index (χ3v) is 3.25. The summed E-state index contributed by atoms with van der Waals surface area (Å²) in [6, 6.07) is 2.99. The molecule has 0 amide bonds. The Bertz CT molecular complexity index is 581. The smallest absolute Gasteiger partial charge is 0.147 e.